The van der Waals surface area contributed by atoms with Crippen LogP contribution in [0.15, 0.2) is 54.9 Å². The van der Waals surface area contributed by atoms with Crippen molar-refractivity contribution in [1.82, 2.24) is 14.8 Å². The summed E-state index contributed by atoms with van der Waals surface area (Å²) in [5.41, 5.74) is 1.34. The smallest absolute Gasteiger partial charge is 0.262 e. The highest BCUT2D eigenvalue weighted by Crippen LogP contribution is 2.34. The Balaban J connectivity index is 1.50. The minimum absolute atomic E-state index is 0.154. The van der Waals surface area contributed by atoms with Crippen LogP contribution in [-0.4, -0.2) is 33.2 Å². The van der Waals surface area contributed by atoms with E-state index in [1.807, 2.05) is 12.1 Å². The lowest BCUT2D eigenvalue weighted by molar-refractivity contribution is -0.118. The summed E-state index contributed by atoms with van der Waals surface area (Å²) in [6, 6.07) is 13.8. The molecular formula is C19H16ClN5O3. The van der Waals surface area contributed by atoms with Crippen molar-refractivity contribution >= 4 is 35.1 Å². The highest BCUT2D eigenvalue weighted by molar-refractivity contribution is 6.30. The molecule has 0 spiro atoms. The van der Waals surface area contributed by atoms with Gasteiger partial charge in [-0.2, -0.15) is 10.1 Å². The van der Waals surface area contributed by atoms with Gasteiger partial charge < -0.3 is 10.1 Å². The summed E-state index contributed by atoms with van der Waals surface area (Å²) in [6.07, 6.45) is 1.58. The molecule has 142 valence electrons. The molecule has 3 aromatic rings. The van der Waals surface area contributed by atoms with Gasteiger partial charge in [0.25, 0.3) is 5.91 Å². The molecule has 9 heteroatoms. The van der Waals surface area contributed by atoms with Crippen LogP contribution in [0.2, 0.25) is 5.02 Å². The summed E-state index contributed by atoms with van der Waals surface area (Å²) in [6.45, 7) is -0.188. The maximum Gasteiger partial charge on any atom is 0.262 e. The van der Waals surface area contributed by atoms with E-state index in [0.717, 1.165) is 5.56 Å². The van der Waals surface area contributed by atoms with E-state index in [4.69, 9.17) is 16.3 Å². The average molecular weight is 398 g/mol. The number of ether oxygens (including phenoxy) is 1. The fourth-order valence-electron chi connectivity index (χ4n) is 3.04. The number of nitrogens with zero attached hydrogens (tertiary/aromatic N) is 3. The molecule has 1 atom stereocenters. The van der Waals surface area contributed by atoms with Crippen molar-refractivity contribution in [2.75, 3.05) is 17.2 Å². The predicted octanol–water partition coefficient (Wildman–Crippen LogP) is 2.88. The Hall–Kier alpha value is -3.39. The lowest BCUT2D eigenvalue weighted by Crippen LogP contribution is -2.29. The molecule has 2 N–H and O–H groups in total. The largest absolute Gasteiger partial charge is 0.483 e. The third-order valence-electron chi connectivity index (χ3n) is 4.24. The molecule has 2 amide bonds. The first kappa shape index (κ1) is 18.0. The minimum atomic E-state index is -0.363. The van der Waals surface area contributed by atoms with Crippen molar-refractivity contribution < 1.29 is 14.3 Å². The van der Waals surface area contributed by atoms with E-state index in [9.17, 15) is 9.59 Å². The fraction of sp³-hybridized carbons (Fsp3) is 0.158. The van der Waals surface area contributed by atoms with Crippen LogP contribution in [0.4, 0.5) is 11.6 Å². The van der Waals surface area contributed by atoms with Gasteiger partial charge in [-0.25, -0.2) is 4.68 Å². The van der Waals surface area contributed by atoms with Gasteiger partial charge in [0.2, 0.25) is 11.9 Å². The van der Waals surface area contributed by atoms with Crippen LogP contribution in [0, 0.1) is 0 Å². The van der Waals surface area contributed by atoms with Gasteiger partial charge in [-0.1, -0.05) is 35.9 Å². The second kappa shape index (κ2) is 7.69. The zero-order chi connectivity index (χ0) is 19.5. The molecule has 1 aromatic heterocycles. The van der Waals surface area contributed by atoms with Crippen LogP contribution in [0.1, 0.15) is 18.0 Å². The zero-order valence-electron chi connectivity index (χ0n) is 14.6. The number of nitrogens with one attached hydrogen (secondary N) is 2. The number of fused-ring (bicyclic) bond motifs is 1. The summed E-state index contributed by atoms with van der Waals surface area (Å²) < 4.78 is 7.38. The van der Waals surface area contributed by atoms with Crippen LogP contribution in [-0.2, 0) is 9.59 Å². The molecule has 1 aliphatic heterocycles. The average Bonchev–Trinajstić information content (AvgIpc) is 3.14. The molecule has 0 saturated heterocycles. The van der Waals surface area contributed by atoms with E-state index in [1.54, 1.807) is 41.1 Å². The summed E-state index contributed by atoms with van der Waals surface area (Å²) >= 11 is 5.92. The SMILES string of the molecule is O=C(COc1ccccc1[C@@H]1CC(=O)Nc2ncnn21)Nc1cccc(Cl)c1. The molecule has 0 radical (unpaired) electrons. The van der Waals surface area contributed by atoms with Gasteiger partial charge in [0.15, 0.2) is 6.61 Å². The Morgan fingerprint density at radius 2 is 2.14 bits per heavy atom. The third kappa shape index (κ3) is 3.81. The van der Waals surface area contributed by atoms with Gasteiger partial charge in [-0.3, -0.25) is 14.9 Å². The second-order valence-corrected chi connectivity index (χ2v) is 6.62. The molecule has 8 nitrogen and oxygen atoms in total. The molecule has 2 aromatic carbocycles. The number of rotatable bonds is 5. The number of carbonyl (C=O) groups excluding carboxylic acids is 2. The van der Waals surface area contributed by atoms with Crippen molar-refractivity contribution in [2.45, 2.75) is 12.5 Å². The van der Waals surface area contributed by atoms with E-state index in [0.29, 0.717) is 22.4 Å². The number of anilines is 2. The summed E-state index contributed by atoms with van der Waals surface area (Å²) in [5, 5.41) is 10.1. The van der Waals surface area contributed by atoms with Crippen LogP contribution >= 0.6 is 11.6 Å². The van der Waals surface area contributed by atoms with Gasteiger partial charge >= 0.3 is 0 Å². The van der Waals surface area contributed by atoms with Crippen LogP contribution < -0.4 is 15.4 Å². The summed E-state index contributed by atoms with van der Waals surface area (Å²) in [5.74, 6) is 0.415. The predicted molar refractivity (Wildman–Crippen MR) is 103 cm³/mol. The maximum absolute atomic E-state index is 12.2. The highest BCUT2D eigenvalue weighted by Gasteiger charge is 2.29. The molecule has 0 unspecified atom stereocenters. The number of halogens is 1. The molecule has 28 heavy (non-hydrogen) atoms. The van der Waals surface area contributed by atoms with Crippen LogP contribution in [0.5, 0.6) is 5.75 Å². The Morgan fingerprint density at radius 3 is 3.00 bits per heavy atom. The topological polar surface area (TPSA) is 98.1 Å². The molecule has 2 heterocycles. The first-order chi connectivity index (χ1) is 13.6. The number of para-hydroxylation sites is 1. The molecule has 0 saturated carbocycles. The number of hydrogen-bond donors (Lipinski definition) is 2. The van der Waals surface area contributed by atoms with Gasteiger partial charge in [-0.15, -0.1) is 0 Å². The van der Waals surface area contributed by atoms with E-state index < -0.39 is 0 Å². The highest BCUT2D eigenvalue weighted by atomic mass is 35.5. The Kier molecular flexibility index (Phi) is 4.94. The number of carbonyl (C=O) groups is 2. The monoisotopic (exact) mass is 397 g/mol. The Morgan fingerprint density at radius 1 is 1.29 bits per heavy atom. The fourth-order valence-corrected chi connectivity index (χ4v) is 3.23. The van der Waals surface area contributed by atoms with Crippen molar-refractivity contribution in [3.8, 4) is 5.75 Å². The van der Waals surface area contributed by atoms with Crippen LogP contribution in [0.25, 0.3) is 0 Å². The van der Waals surface area contributed by atoms with E-state index in [1.165, 1.54) is 6.33 Å². The molecule has 0 aliphatic carbocycles. The molecule has 1 aliphatic rings. The maximum atomic E-state index is 12.2. The standard InChI is InChI=1S/C19H16ClN5O3/c20-12-4-3-5-13(8-12)23-18(27)10-28-16-7-2-1-6-14(16)15-9-17(26)24-19-21-11-22-25(15)19/h1-8,11,15H,9-10H2,(H,23,27)(H,21,22,24,26)/t15-/m0/s1. The Labute approximate surface area is 165 Å². The van der Waals surface area contributed by atoms with Gasteiger partial charge in [0.05, 0.1) is 12.5 Å². The van der Waals surface area contributed by atoms with Crippen LogP contribution in [0.3, 0.4) is 0 Å². The van der Waals surface area contributed by atoms with E-state index in [-0.39, 0.29) is 30.9 Å². The van der Waals surface area contributed by atoms with Gasteiger partial charge in [0, 0.05) is 16.3 Å². The third-order valence-corrected chi connectivity index (χ3v) is 4.48. The van der Waals surface area contributed by atoms with E-state index >= 15 is 0 Å². The number of aromatic nitrogens is 3. The molecule has 0 fully saturated rings. The number of amides is 2. The number of benzene rings is 2. The van der Waals surface area contributed by atoms with Gasteiger partial charge in [0.1, 0.15) is 12.1 Å². The van der Waals surface area contributed by atoms with Crippen molar-refractivity contribution in [3.05, 3.63) is 65.4 Å². The summed E-state index contributed by atoms with van der Waals surface area (Å²) in [7, 11) is 0. The lowest BCUT2D eigenvalue weighted by atomic mass is 10.0. The Bertz CT molecular complexity index is 1040. The quantitative estimate of drug-likeness (QED) is 0.689. The first-order valence-electron chi connectivity index (χ1n) is 8.56. The zero-order valence-corrected chi connectivity index (χ0v) is 15.4. The normalized spacial score (nSPS) is 15.5. The minimum Gasteiger partial charge on any atom is -0.483 e. The van der Waals surface area contributed by atoms with Crippen molar-refractivity contribution in [2.24, 2.45) is 0 Å². The van der Waals surface area contributed by atoms with Crippen molar-refractivity contribution in [1.29, 1.82) is 0 Å². The first-order valence-corrected chi connectivity index (χ1v) is 8.94. The van der Waals surface area contributed by atoms with Crippen molar-refractivity contribution in [3.63, 3.8) is 0 Å². The molecular weight excluding hydrogens is 382 g/mol. The van der Waals surface area contributed by atoms with E-state index in [2.05, 4.69) is 20.7 Å². The number of hydrogen-bond acceptors (Lipinski definition) is 5. The van der Waals surface area contributed by atoms with Gasteiger partial charge in [-0.05, 0) is 24.3 Å². The molecule has 4 rings (SSSR count). The molecule has 0 bridgehead atoms. The summed E-state index contributed by atoms with van der Waals surface area (Å²) in [4.78, 5) is 28.3. The second-order valence-electron chi connectivity index (χ2n) is 6.18. The lowest BCUT2D eigenvalue weighted by Gasteiger charge is -2.25.